The average molecular weight is 357 g/mol. The van der Waals surface area contributed by atoms with Crippen LogP contribution in [-0.4, -0.2) is 44.7 Å². The van der Waals surface area contributed by atoms with Gasteiger partial charge in [-0.05, 0) is 23.8 Å². The summed E-state index contributed by atoms with van der Waals surface area (Å²) >= 11 is 0. The summed E-state index contributed by atoms with van der Waals surface area (Å²) in [5.74, 6) is 0.473. The molecule has 0 unspecified atom stereocenters. The summed E-state index contributed by atoms with van der Waals surface area (Å²) in [6.07, 6.45) is 0.127. The predicted molar refractivity (Wildman–Crippen MR) is 97.4 cm³/mol. The second kappa shape index (κ2) is 9.46. The summed E-state index contributed by atoms with van der Waals surface area (Å²) in [6, 6.07) is 14.6. The van der Waals surface area contributed by atoms with Crippen LogP contribution in [0.1, 0.15) is 22.3 Å². The Kier molecular flexibility index (Phi) is 7.02. The fourth-order valence-electron chi connectivity index (χ4n) is 2.54. The molecule has 0 atom stereocenters. The van der Waals surface area contributed by atoms with Crippen LogP contribution in [0.5, 0.6) is 11.5 Å². The summed E-state index contributed by atoms with van der Waals surface area (Å²) in [5, 5.41) is 0. The Morgan fingerprint density at radius 2 is 1.62 bits per heavy atom. The molecule has 0 bridgehead atoms. The van der Waals surface area contributed by atoms with Crippen LogP contribution in [0, 0.1) is 0 Å². The molecule has 0 saturated carbocycles. The fourth-order valence-corrected chi connectivity index (χ4v) is 2.54. The van der Waals surface area contributed by atoms with Crippen LogP contribution < -0.4 is 9.47 Å². The smallest absolute Gasteiger partial charge is 0.307 e. The average Bonchev–Trinajstić information content (AvgIpc) is 2.70. The van der Waals surface area contributed by atoms with E-state index in [1.807, 2.05) is 30.3 Å². The number of rotatable bonds is 8. The molecule has 0 radical (unpaired) electrons. The predicted octanol–water partition coefficient (Wildman–Crippen LogP) is 2.91. The van der Waals surface area contributed by atoms with E-state index in [0.717, 1.165) is 5.56 Å². The summed E-state index contributed by atoms with van der Waals surface area (Å²) in [7, 11) is 4.39. The third-order valence-corrected chi connectivity index (χ3v) is 3.95. The first kappa shape index (κ1) is 19.3. The van der Waals surface area contributed by atoms with Gasteiger partial charge in [-0.3, -0.25) is 9.59 Å². The third kappa shape index (κ3) is 4.99. The highest BCUT2D eigenvalue weighted by Crippen LogP contribution is 2.28. The topological polar surface area (TPSA) is 65.1 Å². The van der Waals surface area contributed by atoms with Gasteiger partial charge >= 0.3 is 5.97 Å². The molecule has 0 aromatic heterocycles. The van der Waals surface area contributed by atoms with Crippen molar-refractivity contribution in [1.29, 1.82) is 0 Å². The lowest BCUT2D eigenvalue weighted by Gasteiger charge is -2.23. The summed E-state index contributed by atoms with van der Waals surface area (Å²) < 4.78 is 15.2. The van der Waals surface area contributed by atoms with Crippen LogP contribution in [0.3, 0.4) is 0 Å². The molecule has 138 valence electrons. The van der Waals surface area contributed by atoms with Crippen molar-refractivity contribution in [3.63, 3.8) is 0 Å². The van der Waals surface area contributed by atoms with Gasteiger partial charge in [0.25, 0.3) is 5.91 Å². The standard InChI is InChI=1S/C20H23NO5/c1-24-17-10-9-16(13-18(17)25-2)20(23)21(12-11-19(22)26-3)14-15-7-5-4-6-8-15/h4-10,13H,11-12,14H2,1-3H3. The first-order valence-electron chi connectivity index (χ1n) is 8.21. The Hall–Kier alpha value is -3.02. The zero-order chi connectivity index (χ0) is 18.9. The molecule has 0 N–H and O–H groups in total. The van der Waals surface area contributed by atoms with E-state index < -0.39 is 0 Å². The van der Waals surface area contributed by atoms with Gasteiger partial charge in [0.05, 0.1) is 27.8 Å². The largest absolute Gasteiger partial charge is 0.493 e. The quantitative estimate of drug-likeness (QED) is 0.680. The van der Waals surface area contributed by atoms with Gasteiger partial charge in [0.15, 0.2) is 11.5 Å². The molecular formula is C20H23NO5. The number of carbonyl (C=O) groups excluding carboxylic acids is 2. The Morgan fingerprint density at radius 1 is 0.923 bits per heavy atom. The van der Waals surface area contributed by atoms with E-state index in [9.17, 15) is 9.59 Å². The van der Waals surface area contributed by atoms with Crippen LogP contribution in [0.2, 0.25) is 0 Å². The van der Waals surface area contributed by atoms with Gasteiger partial charge in [0.1, 0.15) is 0 Å². The van der Waals surface area contributed by atoms with Crippen molar-refractivity contribution >= 4 is 11.9 Å². The molecule has 0 spiro atoms. The third-order valence-electron chi connectivity index (χ3n) is 3.95. The minimum atomic E-state index is -0.358. The molecule has 2 aromatic carbocycles. The van der Waals surface area contributed by atoms with E-state index in [0.29, 0.717) is 23.6 Å². The van der Waals surface area contributed by atoms with Gasteiger partial charge in [0.2, 0.25) is 0 Å². The number of hydrogen-bond donors (Lipinski definition) is 0. The number of methoxy groups -OCH3 is 3. The molecule has 6 nitrogen and oxygen atoms in total. The van der Waals surface area contributed by atoms with Crippen LogP contribution >= 0.6 is 0 Å². The van der Waals surface area contributed by atoms with Gasteiger partial charge in [-0.2, -0.15) is 0 Å². The molecule has 0 aliphatic heterocycles. The monoisotopic (exact) mass is 357 g/mol. The molecule has 2 aromatic rings. The van der Waals surface area contributed by atoms with Crippen molar-refractivity contribution in [2.75, 3.05) is 27.9 Å². The summed E-state index contributed by atoms with van der Waals surface area (Å²) in [5.41, 5.74) is 1.44. The highest BCUT2D eigenvalue weighted by molar-refractivity contribution is 5.95. The maximum Gasteiger partial charge on any atom is 0.307 e. The molecule has 26 heavy (non-hydrogen) atoms. The lowest BCUT2D eigenvalue weighted by molar-refractivity contribution is -0.140. The number of benzene rings is 2. The van der Waals surface area contributed by atoms with Crippen molar-refractivity contribution in [1.82, 2.24) is 4.90 Å². The van der Waals surface area contributed by atoms with Crippen molar-refractivity contribution in [2.24, 2.45) is 0 Å². The maximum atomic E-state index is 13.0. The van der Waals surface area contributed by atoms with Gasteiger partial charge in [0, 0.05) is 18.7 Å². The number of esters is 1. The van der Waals surface area contributed by atoms with Crippen LogP contribution in [0.15, 0.2) is 48.5 Å². The van der Waals surface area contributed by atoms with Crippen molar-refractivity contribution in [3.05, 3.63) is 59.7 Å². The van der Waals surface area contributed by atoms with Crippen molar-refractivity contribution < 1.29 is 23.8 Å². The van der Waals surface area contributed by atoms with Crippen LogP contribution in [0.25, 0.3) is 0 Å². The Morgan fingerprint density at radius 3 is 2.23 bits per heavy atom. The van der Waals surface area contributed by atoms with E-state index >= 15 is 0 Å². The number of hydrogen-bond acceptors (Lipinski definition) is 5. The Bertz CT molecular complexity index is 745. The SMILES string of the molecule is COC(=O)CCN(Cc1ccccc1)C(=O)c1ccc(OC)c(OC)c1. The molecular weight excluding hydrogens is 334 g/mol. The first-order valence-corrected chi connectivity index (χ1v) is 8.21. The molecule has 0 fully saturated rings. The van der Waals surface area contributed by atoms with Gasteiger partial charge in [-0.25, -0.2) is 0 Å². The van der Waals surface area contributed by atoms with E-state index in [2.05, 4.69) is 4.74 Å². The van der Waals surface area contributed by atoms with E-state index in [4.69, 9.17) is 9.47 Å². The second-order valence-corrected chi connectivity index (χ2v) is 5.61. The number of ether oxygens (including phenoxy) is 3. The number of nitrogens with zero attached hydrogens (tertiary/aromatic N) is 1. The van der Waals surface area contributed by atoms with Crippen LogP contribution in [-0.2, 0) is 16.1 Å². The minimum Gasteiger partial charge on any atom is -0.493 e. The van der Waals surface area contributed by atoms with Crippen LogP contribution in [0.4, 0.5) is 0 Å². The van der Waals surface area contributed by atoms with Gasteiger partial charge in [-0.15, -0.1) is 0 Å². The maximum absolute atomic E-state index is 13.0. The second-order valence-electron chi connectivity index (χ2n) is 5.61. The lowest BCUT2D eigenvalue weighted by Crippen LogP contribution is -2.32. The minimum absolute atomic E-state index is 0.127. The van der Waals surface area contributed by atoms with E-state index in [1.165, 1.54) is 21.3 Å². The Labute approximate surface area is 153 Å². The molecule has 0 saturated heterocycles. The van der Waals surface area contributed by atoms with E-state index in [-0.39, 0.29) is 24.8 Å². The molecule has 0 aliphatic rings. The lowest BCUT2D eigenvalue weighted by atomic mass is 10.1. The summed E-state index contributed by atoms with van der Waals surface area (Å²) in [6.45, 7) is 0.653. The zero-order valence-electron chi connectivity index (χ0n) is 15.2. The van der Waals surface area contributed by atoms with Crippen molar-refractivity contribution in [2.45, 2.75) is 13.0 Å². The Balaban J connectivity index is 2.25. The van der Waals surface area contributed by atoms with E-state index in [1.54, 1.807) is 23.1 Å². The summed E-state index contributed by atoms with van der Waals surface area (Å²) in [4.78, 5) is 26.1. The van der Waals surface area contributed by atoms with Crippen molar-refractivity contribution in [3.8, 4) is 11.5 Å². The molecule has 2 rings (SSSR count). The normalized spacial score (nSPS) is 10.1. The van der Waals surface area contributed by atoms with Gasteiger partial charge < -0.3 is 19.1 Å². The molecule has 0 aliphatic carbocycles. The highest BCUT2D eigenvalue weighted by Gasteiger charge is 2.19. The first-order chi connectivity index (χ1) is 12.6. The molecule has 0 heterocycles. The molecule has 1 amide bonds. The fraction of sp³-hybridized carbons (Fsp3) is 0.300. The zero-order valence-corrected chi connectivity index (χ0v) is 15.2. The number of amides is 1. The molecule has 6 heteroatoms. The highest BCUT2D eigenvalue weighted by atomic mass is 16.5. The van der Waals surface area contributed by atoms with Gasteiger partial charge in [-0.1, -0.05) is 30.3 Å². The number of carbonyl (C=O) groups is 2.